The molecule has 0 aromatic heterocycles. The van der Waals surface area contributed by atoms with Gasteiger partial charge in [-0.05, 0) is 13.0 Å². The van der Waals surface area contributed by atoms with Gasteiger partial charge in [-0.3, -0.25) is 4.55 Å². The van der Waals surface area contributed by atoms with Crippen molar-refractivity contribution >= 4 is 22.5 Å². The van der Waals surface area contributed by atoms with Crippen LogP contribution in [0.15, 0.2) is 0 Å². The van der Waals surface area contributed by atoms with E-state index in [1.165, 1.54) is 0 Å². The molecule has 0 atom stereocenters. The van der Waals surface area contributed by atoms with Crippen molar-refractivity contribution in [2.24, 2.45) is 5.73 Å². The molecule has 4 nitrogen and oxygen atoms in total. The molecule has 0 amide bonds. The van der Waals surface area contributed by atoms with Crippen LogP contribution in [0.1, 0.15) is 6.42 Å². The Bertz CT molecular complexity index is 143. The quantitative estimate of drug-likeness (QED) is 0.575. The molecule has 0 saturated heterocycles. The Hall–Kier alpha value is 0.160. The first kappa shape index (κ1) is 11.9. The van der Waals surface area contributed by atoms with Crippen LogP contribution >= 0.6 is 12.4 Å². The van der Waals surface area contributed by atoms with E-state index in [0.717, 1.165) is 0 Å². The largest absolute Gasteiger partial charge is 0.330 e. The molecule has 0 bridgehead atoms. The van der Waals surface area contributed by atoms with Crippen LogP contribution in [0.5, 0.6) is 0 Å². The molecule has 0 saturated carbocycles. The Kier molecular flexibility index (Phi) is 6.59. The van der Waals surface area contributed by atoms with Gasteiger partial charge in [0.05, 0.1) is 5.75 Å². The van der Waals surface area contributed by atoms with E-state index in [4.69, 9.17) is 10.3 Å². The number of halogens is 1. The second-order valence-corrected chi connectivity index (χ2v) is 3.00. The van der Waals surface area contributed by atoms with Gasteiger partial charge in [0.15, 0.2) is 0 Å². The Labute approximate surface area is 60.6 Å². The van der Waals surface area contributed by atoms with E-state index in [1.807, 2.05) is 0 Å². The van der Waals surface area contributed by atoms with Gasteiger partial charge in [-0.1, -0.05) is 0 Å². The highest BCUT2D eigenvalue weighted by Gasteiger charge is 2.00. The van der Waals surface area contributed by atoms with E-state index in [1.54, 1.807) is 0 Å². The SMILES string of the molecule is Cl.NCCCS(=O)(=O)O. The Morgan fingerprint density at radius 3 is 2.00 bits per heavy atom. The fourth-order valence-electron chi connectivity index (χ4n) is 0.266. The lowest BCUT2D eigenvalue weighted by Crippen LogP contribution is -2.09. The minimum Gasteiger partial charge on any atom is -0.330 e. The molecule has 58 valence electrons. The maximum atomic E-state index is 9.89. The second kappa shape index (κ2) is 4.99. The molecular weight excluding hydrogens is 166 g/mol. The lowest BCUT2D eigenvalue weighted by Gasteiger charge is -1.90. The highest BCUT2D eigenvalue weighted by atomic mass is 35.5. The minimum absolute atomic E-state index is 0. The molecule has 0 radical (unpaired) electrons. The molecule has 0 aromatic carbocycles. The lowest BCUT2D eigenvalue weighted by molar-refractivity contribution is 0.481. The van der Waals surface area contributed by atoms with Gasteiger partial charge in [-0.15, -0.1) is 12.4 Å². The van der Waals surface area contributed by atoms with E-state index in [2.05, 4.69) is 0 Å². The van der Waals surface area contributed by atoms with Crippen molar-refractivity contribution in [3.05, 3.63) is 0 Å². The standard InChI is InChI=1S/C3H9NO3S.ClH/c4-2-1-3-8(5,6)7;/h1-4H2,(H,5,6,7);1H. The van der Waals surface area contributed by atoms with Crippen LogP contribution in [0.25, 0.3) is 0 Å². The third kappa shape index (κ3) is 11.6. The normalized spacial score (nSPS) is 10.4. The minimum atomic E-state index is -3.77. The highest BCUT2D eigenvalue weighted by molar-refractivity contribution is 7.85. The average molecular weight is 176 g/mol. The molecular formula is C3H10ClNO3S. The Morgan fingerprint density at radius 2 is 1.89 bits per heavy atom. The van der Waals surface area contributed by atoms with Gasteiger partial charge < -0.3 is 5.73 Å². The zero-order valence-corrected chi connectivity index (χ0v) is 6.41. The topological polar surface area (TPSA) is 80.4 Å². The zero-order valence-electron chi connectivity index (χ0n) is 4.78. The van der Waals surface area contributed by atoms with Crippen molar-refractivity contribution in [1.29, 1.82) is 0 Å². The maximum absolute atomic E-state index is 9.89. The number of rotatable bonds is 3. The van der Waals surface area contributed by atoms with E-state index in [-0.39, 0.29) is 18.2 Å². The van der Waals surface area contributed by atoms with Crippen LogP contribution in [0.3, 0.4) is 0 Å². The predicted molar refractivity (Wildman–Crippen MR) is 37.3 cm³/mol. The van der Waals surface area contributed by atoms with Crippen molar-refractivity contribution in [2.45, 2.75) is 6.42 Å². The van der Waals surface area contributed by atoms with Crippen LogP contribution in [0, 0.1) is 0 Å². The van der Waals surface area contributed by atoms with Crippen molar-refractivity contribution in [3.63, 3.8) is 0 Å². The van der Waals surface area contributed by atoms with Gasteiger partial charge in [0.25, 0.3) is 10.1 Å². The summed E-state index contributed by atoms with van der Waals surface area (Å²) in [4.78, 5) is 0. The van der Waals surface area contributed by atoms with Crippen LogP contribution < -0.4 is 5.73 Å². The lowest BCUT2D eigenvalue weighted by atomic mass is 10.5. The fraction of sp³-hybridized carbons (Fsp3) is 1.00. The summed E-state index contributed by atoms with van der Waals surface area (Å²) in [6.45, 7) is 0.291. The Balaban J connectivity index is 0. The number of hydrogen-bond acceptors (Lipinski definition) is 3. The number of hydrogen-bond donors (Lipinski definition) is 2. The van der Waals surface area contributed by atoms with Gasteiger partial charge in [-0.2, -0.15) is 8.42 Å². The van der Waals surface area contributed by atoms with E-state index < -0.39 is 10.1 Å². The van der Waals surface area contributed by atoms with Crippen LogP contribution in [0.2, 0.25) is 0 Å². The molecule has 0 heterocycles. The first-order valence-electron chi connectivity index (χ1n) is 2.21. The van der Waals surface area contributed by atoms with Crippen molar-refractivity contribution in [1.82, 2.24) is 0 Å². The summed E-state index contributed by atoms with van der Waals surface area (Å²) in [6.07, 6.45) is 0.318. The molecule has 0 unspecified atom stereocenters. The summed E-state index contributed by atoms with van der Waals surface area (Å²) in [5, 5.41) is 0. The van der Waals surface area contributed by atoms with Crippen LogP contribution in [0.4, 0.5) is 0 Å². The molecule has 0 spiro atoms. The predicted octanol–water partition coefficient (Wildman–Crippen LogP) is -0.355. The van der Waals surface area contributed by atoms with Crippen molar-refractivity contribution in [3.8, 4) is 0 Å². The maximum Gasteiger partial charge on any atom is 0.264 e. The molecule has 6 heteroatoms. The van der Waals surface area contributed by atoms with Gasteiger partial charge in [0.1, 0.15) is 0 Å². The molecule has 0 rings (SSSR count). The summed E-state index contributed by atoms with van der Waals surface area (Å²) in [5.41, 5.74) is 4.96. The van der Waals surface area contributed by atoms with Crippen LogP contribution in [-0.4, -0.2) is 25.3 Å². The molecule has 0 aliphatic carbocycles. The van der Waals surface area contributed by atoms with Crippen LogP contribution in [-0.2, 0) is 10.1 Å². The first-order valence-corrected chi connectivity index (χ1v) is 3.82. The summed E-state index contributed by atoms with van der Waals surface area (Å²) >= 11 is 0. The smallest absolute Gasteiger partial charge is 0.264 e. The van der Waals surface area contributed by atoms with Gasteiger partial charge in [-0.25, -0.2) is 0 Å². The summed E-state index contributed by atoms with van der Waals surface area (Å²) in [5.74, 6) is -0.233. The monoisotopic (exact) mass is 175 g/mol. The van der Waals surface area contributed by atoms with Gasteiger partial charge >= 0.3 is 0 Å². The van der Waals surface area contributed by atoms with Crippen molar-refractivity contribution < 1.29 is 13.0 Å². The van der Waals surface area contributed by atoms with Crippen molar-refractivity contribution in [2.75, 3.05) is 12.3 Å². The first-order chi connectivity index (χ1) is 3.56. The molecule has 9 heavy (non-hydrogen) atoms. The fourth-order valence-corrected chi connectivity index (χ4v) is 0.797. The molecule has 0 aromatic rings. The third-order valence-corrected chi connectivity index (χ3v) is 1.41. The molecule has 0 fully saturated rings. The van der Waals surface area contributed by atoms with E-state index in [9.17, 15) is 8.42 Å². The van der Waals surface area contributed by atoms with E-state index in [0.29, 0.717) is 13.0 Å². The zero-order chi connectivity index (χ0) is 6.62. The summed E-state index contributed by atoms with van der Waals surface area (Å²) in [7, 11) is -3.77. The number of nitrogens with two attached hydrogens (primary N) is 1. The average Bonchev–Trinajstić information content (AvgIpc) is 1.59. The third-order valence-electron chi connectivity index (χ3n) is 0.606. The summed E-state index contributed by atoms with van der Waals surface area (Å²) < 4.78 is 27.8. The Morgan fingerprint density at radius 1 is 1.44 bits per heavy atom. The highest BCUT2D eigenvalue weighted by Crippen LogP contribution is 1.83. The summed E-state index contributed by atoms with van der Waals surface area (Å²) in [6, 6.07) is 0. The molecule has 3 N–H and O–H groups in total. The molecule has 0 aliphatic rings. The second-order valence-electron chi connectivity index (χ2n) is 1.43. The van der Waals surface area contributed by atoms with Gasteiger partial charge in [0.2, 0.25) is 0 Å². The van der Waals surface area contributed by atoms with E-state index >= 15 is 0 Å². The van der Waals surface area contributed by atoms with Gasteiger partial charge in [0, 0.05) is 0 Å². The molecule has 0 aliphatic heterocycles.